The van der Waals surface area contributed by atoms with Crippen LogP contribution < -0.4 is 10.6 Å². The number of hydrogen-bond donors (Lipinski definition) is 2. The van der Waals surface area contributed by atoms with Crippen LogP contribution in [-0.4, -0.2) is 24.7 Å². The van der Waals surface area contributed by atoms with E-state index in [1.165, 1.54) is 10.5 Å². The van der Waals surface area contributed by atoms with Crippen molar-refractivity contribution in [2.24, 2.45) is 0 Å². The summed E-state index contributed by atoms with van der Waals surface area (Å²) in [4.78, 5) is 12.8. The van der Waals surface area contributed by atoms with Crippen molar-refractivity contribution in [3.05, 3.63) is 29.8 Å². The summed E-state index contributed by atoms with van der Waals surface area (Å²) < 4.78 is 0. The first-order valence-corrected chi connectivity index (χ1v) is 7.87. The molecule has 0 spiro atoms. The zero-order valence-corrected chi connectivity index (χ0v) is 12.4. The van der Waals surface area contributed by atoms with E-state index in [9.17, 15) is 4.79 Å². The van der Waals surface area contributed by atoms with E-state index in [0.717, 1.165) is 18.6 Å². The Labute approximate surface area is 119 Å². The van der Waals surface area contributed by atoms with Crippen LogP contribution >= 0.6 is 11.8 Å². The molecule has 1 saturated carbocycles. The molecule has 1 aromatic rings. The Hall–Kier alpha value is -1.00. The predicted molar refractivity (Wildman–Crippen MR) is 80.4 cm³/mol. The second-order valence-corrected chi connectivity index (χ2v) is 6.19. The Kier molecular flexibility index (Phi) is 5.28. The molecule has 2 rings (SSSR count). The summed E-state index contributed by atoms with van der Waals surface area (Å²) in [5.74, 6) is 1.03. The van der Waals surface area contributed by atoms with E-state index in [2.05, 4.69) is 41.8 Å². The van der Waals surface area contributed by atoms with Gasteiger partial charge in [-0.05, 0) is 44.5 Å². The van der Waals surface area contributed by atoms with Crippen molar-refractivity contribution in [3.8, 4) is 0 Å². The fourth-order valence-electron chi connectivity index (χ4n) is 1.83. The van der Waals surface area contributed by atoms with Crippen LogP contribution in [-0.2, 0) is 4.79 Å². The number of carbonyl (C=O) groups is 1. The summed E-state index contributed by atoms with van der Waals surface area (Å²) >= 11 is 1.75. The zero-order valence-electron chi connectivity index (χ0n) is 11.6. The number of rotatable bonds is 7. The topological polar surface area (TPSA) is 41.1 Å². The van der Waals surface area contributed by atoms with Crippen LogP contribution in [0.5, 0.6) is 0 Å². The van der Waals surface area contributed by atoms with Crippen LogP contribution in [0.3, 0.4) is 0 Å². The second kappa shape index (κ2) is 6.96. The minimum absolute atomic E-state index is 0.190. The summed E-state index contributed by atoms with van der Waals surface area (Å²) in [5.41, 5.74) is 1.29. The van der Waals surface area contributed by atoms with Crippen molar-refractivity contribution in [1.82, 2.24) is 10.6 Å². The summed E-state index contributed by atoms with van der Waals surface area (Å²) in [6.45, 7) is 2.15. The quantitative estimate of drug-likeness (QED) is 0.754. The highest BCUT2D eigenvalue weighted by atomic mass is 32.2. The highest BCUT2D eigenvalue weighted by molar-refractivity contribution is 7.99. The molecule has 0 aliphatic heterocycles. The average molecular weight is 278 g/mol. The minimum Gasteiger partial charge on any atom is -0.353 e. The molecule has 2 N–H and O–H groups in total. The summed E-state index contributed by atoms with van der Waals surface area (Å²) in [5, 5.41) is 6.25. The molecule has 1 aliphatic carbocycles. The van der Waals surface area contributed by atoms with Crippen LogP contribution in [0.1, 0.15) is 37.8 Å². The molecule has 0 radical (unpaired) electrons. The molecule has 0 aromatic heterocycles. The fourth-order valence-corrected chi connectivity index (χ4v) is 2.75. The summed E-state index contributed by atoms with van der Waals surface area (Å²) in [6.07, 6.45) is 2.92. The third kappa shape index (κ3) is 4.88. The van der Waals surface area contributed by atoms with E-state index in [-0.39, 0.29) is 5.91 Å². The van der Waals surface area contributed by atoms with Gasteiger partial charge in [0.25, 0.3) is 0 Å². The van der Waals surface area contributed by atoms with Crippen molar-refractivity contribution in [2.75, 3.05) is 12.8 Å². The minimum atomic E-state index is 0.190. The molecule has 1 aliphatic rings. The monoisotopic (exact) mass is 278 g/mol. The first-order valence-electron chi connectivity index (χ1n) is 6.88. The highest BCUT2D eigenvalue weighted by Gasteiger charge is 2.22. The number of benzene rings is 1. The van der Waals surface area contributed by atoms with E-state index in [4.69, 9.17) is 0 Å². The second-order valence-electron chi connectivity index (χ2n) is 5.02. The molecule has 1 aromatic carbocycles. The number of carbonyl (C=O) groups excluding carboxylic acids is 1. The Balaban J connectivity index is 1.76. The first kappa shape index (κ1) is 14.4. The van der Waals surface area contributed by atoms with Gasteiger partial charge < -0.3 is 10.6 Å². The van der Waals surface area contributed by atoms with Gasteiger partial charge >= 0.3 is 0 Å². The Bertz CT molecular complexity index is 432. The van der Waals surface area contributed by atoms with E-state index in [1.807, 2.05) is 7.05 Å². The lowest BCUT2D eigenvalue weighted by atomic mass is 10.1. The maximum absolute atomic E-state index is 11.6. The van der Waals surface area contributed by atoms with Gasteiger partial charge in [0.2, 0.25) is 5.91 Å². The largest absolute Gasteiger partial charge is 0.353 e. The summed E-state index contributed by atoms with van der Waals surface area (Å²) in [7, 11) is 1.96. The lowest BCUT2D eigenvalue weighted by Gasteiger charge is -2.11. The molecule has 0 heterocycles. The SMILES string of the molecule is CNC(C)c1cccc(SCCC(=O)NC2CC2)c1. The Morgan fingerprint density at radius 2 is 2.26 bits per heavy atom. The molecule has 1 fully saturated rings. The molecule has 0 bridgehead atoms. The molecule has 4 heteroatoms. The van der Waals surface area contributed by atoms with Gasteiger partial charge in [-0.2, -0.15) is 0 Å². The Morgan fingerprint density at radius 3 is 2.95 bits per heavy atom. The number of amides is 1. The van der Waals surface area contributed by atoms with Crippen molar-refractivity contribution in [1.29, 1.82) is 0 Å². The average Bonchev–Trinajstić information content (AvgIpc) is 3.22. The zero-order chi connectivity index (χ0) is 13.7. The highest BCUT2D eigenvalue weighted by Crippen LogP contribution is 2.23. The van der Waals surface area contributed by atoms with Gasteiger partial charge in [0.1, 0.15) is 0 Å². The summed E-state index contributed by atoms with van der Waals surface area (Å²) in [6, 6.07) is 9.34. The molecule has 3 nitrogen and oxygen atoms in total. The molecule has 0 saturated heterocycles. The van der Waals surface area contributed by atoms with Crippen molar-refractivity contribution < 1.29 is 4.79 Å². The van der Waals surface area contributed by atoms with E-state index in [1.54, 1.807) is 11.8 Å². The van der Waals surface area contributed by atoms with Crippen molar-refractivity contribution >= 4 is 17.7 Å². The normalized spacial score (nSPS) is 16.1. The Morgan fingerprint density at radius 1 is 1.47 bits per heavy atom. The predicted octanol–water partition coefficient (Wildman–Crippen LogP) is 2.73. The van der Waals surface area contributed by atoms with Crippen LogP contribution in [0.15, 0.2) is 29.2 Å². The number of hydrogen-bond acceptors (Lipinski definition) is 3. The molecule has 1 amide bonds. The first-order chi connectivity index (χ1) is 9.19. The van der Waals surface area contributed by atoms with Crippen LogP contribution in [0.4, 0.5) is 0 Å². The van der Waals surface area contributed by atoms with Gasteiger partial charge in [0, 0.05) is 29.2 Å². The van der Waals surface area contributed by atoms with Gasteiger partial charge in [0.05, 0.1) is 0 Å². The van der Waals surface area contributed by atoms with Crippen molar-refractivity contribution in [3.63, 3.8) is 0 Å². The van der Waals surface area contributed by atoms with Crippen LogP contribution in [0.25, 0.3) is 0 Å². The van der Waals surface area contributed by atoms with Gasteiger partial charge in [-0.25, -0.2) is 0 Å². The lowest BCUT2D eigenvalue weighted by molar-refractivity contribution is -0.120. The van der Waals surface area contributed by atoms with Crippen LogP contribution in [0, 0.1) is 0 Å². The van der Waals surface area contributed by atoms with Gasteiger partial charge in [-0.1, -0.05) is 12.1 Å². The van der Waals surface area contributed by atoms with E-state index >= 15 is 0 Å². The lowest BCUT2D eigenvalue weighted by Crippen LogP contribution is -2.25. The van der Waals surface area contributed by atoms with E-state index in [0.29, 0.717) is 18.5 Å². The molecule has 19 heavy (non-hydrogen) atoms. The van der Waals surface area contributed by atoms with E-state index < -0.39 is 0 Å². The van der Waals surface area contributed by atoms with Gasteiger partial charge in [-0.3, -0.25) is 4.79 Å². The maximum Gasteiger partial charge on any atom is 0.221 e. The smallest absolute Gasteiger partial charge is 0.221 e. The van der Waals surface area contributed by atoms with Crippen molar-refractivity contribution in [2.45, 2.75) is 43.2 Å². The molecule has 104 valence electrons. The third-order valence-electron chi connectivity index (χ3n) is 3.33. The third-order valence-corrected chi connectivity index (χ3v) is 4.33. The maximum atomic E-state index is 11.6. The molecule has 1 unspecified atom stereocenters. The van der Waals surface area contributed by atoms with Crippen LogP contribution in [0.2, 0.25) is 0 Å². The standard InChI is InChI=1S/C15H22N2OS/c1-11(16-2)12-4-3-5-14(10-12)19-9-8-15(18)17-13-6-7-13/h3-5,10-11,13,16H,6-9H2,1-2H3,(H,17,18). The molecular formula is C15H22N2OS. The van der Waals surface area contributed by atoms with Gasteiger partial charge in [-0.15, -0.1) is 11.8 Å². The van der Waals surface area contributed by atoms with Gasteiger partial charge in [0.15, 0.2) is 0 Å². The fraction of sp³-hybridized carbons (Fsp3) is 0.533. The molecular weight excluding hydrogens is 256 g/mol. The number of nitrogens with one attached hydrogen (secondary N) is 2. The number of thioether (sulfide) groups is 1. The molecule has 1 atom stereocenters.